The average Bonchev–Trinajstić information content (AvgIpc) is 2.22. The topological polar surface area (TPSA) is 30.5 Å². The maximum atomic E-state index is 6.05. The molecule has 0 fully saturated rings. The molecule has 0 amide bonds. The third kappa shape index (κ3) is 3.79. The zero-order valence-electron chi connectivity index (χ0n) is 8.89. The summed E-state index contributed by atoms with van der Waals surface area (Å²) in [6.45, 7) is 0.466. The zero-order valence-corrected chi connectivity index (χ0v) is 12.0. The quantitative estimate of drug-likeness (QED) is 0.834. The van der Waals surface area contributed by atoms with Gasteiger partial charge in [-0.15, -0.1) is 0 Å². The molecule has 1 N–H and O–H groups in total. The van der Waals surface area contributed by atoms with Crippen LogP contribution in [0.25, 0.3) is 0 Å². The summed E-state index contributed by atoms with van der Waals surface area (Å²) in [5.74, 6) is 0. The van der Waals surface area contributed by atoms with Crippen LogP contribution in [0.2, 0.25) is 10.0 Å². The van der Waals surface area contributed by atoms with Gasteiger partial charge in [-0.3, -0.25) is 0 Å². The number of hydrogen-bond acceptors (Lipinski definition) is 3. The molecule has 0 saturated heterocycles. The normalized spacial score (nSPS) is 10.9. The van der Waals surface area contributed by atoms with Crippen LogP contribution < -0.4 is 5.32 Å². The van der Waals surface area contributed by atoms with Gasteiger partial charge in [0.2, 0.25) is 0 Å². The molecule has 1 aromatic carbocycles. The molecule has 90 valence electrons. The van der Waals surface area contributed by atoms with E-state index in [0.29, 0.717) is 22.3 Å². The summed E-state index contributed by atoms with van der Waals surface area (Å²) < 4.78 is 10.9. The minimum atomic E-state index is -0.337. The van der Waals surface area contributed by atoms with Gasteiger partial charge >= 0.3 is 0 Å². The van der Waals surface area contributed by atoms with Crippen LogP contribution in [0.4, 0.5) is 5.69 Å². The van der Waals surface area contributed by atoms with Gasteiger partial charge in [0.15, 0.2) is 6.29 Å². The van der Waals surface area contributed by atoms with Crippen LogP contribution in [0.1, 0.15) is 0 Å². The van der Waals surface area contributed by atoms with Gasteiger partial charge in [-0.25, -0.2) is 0 Å². The molecule has 0 aliphatic heterocycles. The highest BCUT2D eigenvalue weighted by molar-refractivity contribution is 9.10. The molecule has 1 rings (SSSR count). The zero-order chi connectivity index (χ0) is 12.1. The van der Waals surface area contributed by atoms with Crippen LogP contribution >= 0.6 is 39.1 Å². The summed E-state index contributed by atoms with van der Waals surface area (Å²) in [6, 6.07) is 3.54. The largest absolute Gasteiger partial charge is 0.378 e. The Morgan fingerprint density at radius 1 is 1.25 bits per heavy atom. The summed E-state index contributed by atoms with van der Waals surface area (Å²) in [4.78, 5) is 0. The highest BCUT2D eigenvalue weighted by atomic mass is 79.9. The highest BCUT2D eigenvalue weighted by Crippen LogP contribution is 2.33. The molecule has 6 heteroatoms. The lowest BCUT2D eigenvalue weighted by Crippen LogP contribution is -2.23. The van der Waals surface area contributed by atoms with E-state index in [4.69, 9.17) is 32.7 Å². The molecule has 0 atom stereocenters. The first-order chi connectivity index (χ1) is 7.58. The van der Waals surface area contributed by atoms with Crippen molar-refractivity contribution in [1.29, 1.82) is 0 Å². The second kappa shape index (κ2) is 6.67. The Hall–Kier alpha value is -0.0000000000000000763. The van der Waals surface area contributed by atoms with Crippen LogP contribution in [0.15, 0.2) is 16.6 Å². The van der Waals surface area contributed by atoms with Crippen molar-refractivity contribution in [3.05, 3.63) is 26.7 Å². The molecule has 3 nitrogen and oxygen atoms in total. The van der Waals surface area contributed by atoms with E-state index in [1.807, 2.05) is 0 Å². The third-order valence-corrected chi connectivity index (χ3v) is 3.03. The van der Waals surface area contributed by atoms with Crippen LogP contribution in [0.3, 0.4) is 0 Å². The van der Waals surface area contributed by atoms with Gasteiger partial charge in [0.25, 0.3) is 0 Å². The SMILES string of the molecule is COC(CNc1c(Cl)cc(Br)cc1Cl)OC. The maximum Gasteiger partial charge on any atom is 0.173 e. The number of hydrogen-bond donors (Lipinski definition) is 1. The molecule has 0 unspecified atom stereocenters. The number of nitrogens with one attached hydrogen (secondary N) is 1. The Labute approximate surface area is 113 Å². The smallest absolute Gasteiger partial charge is 0.173 e. The molecule has 0 aliphatic carbocycles. The van der Waals surface area contributed by atoms with Crippen molar-refractivity contribution in [3.8, 4) is 0 Å². The molecule has 0 bridgehead atoms. The number of benzene rings is 1. The maximum absolute atomic E-state index is 6.05. The molecule has 1 aromatic rings. The van der Waals surface area contributed by atoms with Gasteiger partial charge in [-0.2, -0.15) is 0 Å². The fourth-order valence-electron chi connectivity index (χ4n) is 1.16. The van der Waals surface area contributed by atoms with Crippen LogP contribution in [0, 0.1) is 0 Å². The van der Waals surface area contributed by atoms with Gasteiger partial charge in [0.1, 0.15) is 0 Å². The van der Waals surface area contributed by atoms with Crippen molar-refractivity contribution in [2.45, 2.75) is 6.29 Å². The van der Waals surface area contributed by atoms with Gasteiger partial charge in [-0.05, 0) is 12.1 Å². The first-order valence-electron chi connectivity index (χ1n) is 4.52. The van der Waals surface area contributed by atoms with Crippen LogP contribution in [-0.4, -0.2) is 27.1 Å². The van der Waals surface area contributed by atoms with Crippen molar-refractivity contribution in [2.24, 2.45) is 0 Å². The number of anilines is 1. The second-order valence-electron chi connectivity index (χ2n) is 3.03. The second-order valence-corrected chi connectivity index (χ2v) is 4.76. The first-order valence-corrected chi connectivity index (χ1v) is 6.07. The van der Waals surface area contributed by atoms with E-state index in [0.717, 1.165) is 4.47 Å². The highest BCUT2D eigenvalue weighted by Gasteiger charge is 2.10. The van der Waals surface area contributed by atoms with Crippen molar-refractivity contribution >= 4 is 44.8 Å². The molecular weight excluding hydrogens is 317 g/mol. The predicted octanol–water partition coefficient (Wildman–Crippen LogP) is 3.79. The Morgan fingerprint density at radius 2 is 1.75 bits per heavy atom. The minimum Gasteiger partial charge on any atom is -0.378 e. The number of rotatable bonds is 5. The van der Waals surface area contributed by atoms with E-state index >= 15 is 0 Å². The predicted molar refractivity (Wildman–Crippen MR) is 70.5 cm³/mol. The fourth-order valence-corrected chi connectivity index (χ4v) is 2.50. The van der Waals surface area contributed by atoms with E-state index in [2.05, 4.69) is 21.2 Å². The summed E-state index contributed by atoms with van der Waals surface area (Å²) in [6.07, 6.45) is -0.337. The number of halogens is 3. The minimum absolute atomic E-state index is 0.337. The molecule has 0 aliphatic rings. The van der Waals surface area contributed by atoms with Gasteiger partial charge in [0, 0.05) is 18.7 Å². The van der Waals surface area contributed by atoms with Crippen molar-refractivity contribution in [3.63, 3.8) is 0 Å². The van der Waals surface area contributed by atoms with E-state index in [1.54, 1.807) is 26.4 Å². The fraction of sp³-hybridized carbons (Fsp3) is 0.400. The summed E-state index contributed by atoms with van der Waals surface area (Å²) in [5, 5.41) is 4.17. The van der Waals surface area contributed by atoms with Crippen LogP contribution in [-0.2, 0) is 9.47 Å². The van der Waals surface area contributed by atoms with Gasteiger partial charge in [0.05, 0.1) is 22.3 Å². The molecule has 0 heterocycles. The third-order valence-electron chi connectivity index (χ3n) is 1.98. The lowest BCUT2D eigenvalue weighted by molar-refractivity contribution is -0.0914. The van der Waals surface area contributed by atoms with Crippen LogP contribution in [0.5, 0.6) is 0 Å². The van der Waals surface area contributed by atoms with E-state index in [1.165, 1.54) is 0 Å². The Balaban J connectivity index is 2.74. The molecule has 0 radical (unpaired) electrons. The van der Waals surface area contributed by atoms with E-state index in [-0.39, 0.29) is 6.29 Å². The molecule has 16 heavy (non-hydrogen) atoms. The van der Waals surface area contributed by atoms with E-state index < -0.39 is 0 Å². The number of ether oxygens (including phenoxy) is 2. The molecular formula is C10H12BrCl2NO2. The van der Waals surface area contributed by atoms with Crippen molar-refractivity contribution in [1.82, 2.24) is 0 Å². The Kier molecular flexibility index (Phi) is 5.86. The summed E-state index contributed by atoms with van der Waals surface area (Å²) >= 11 is 15.4. The standard InChI is InChI=1S/C10H12BrCl2NO2/c1-15-9(16-2)5-14-10-7(12)3-6(11)4-8(10)13/h3-4,9,14H,5H2,1-2H3. The lowest BCUT2D eigenvalue weighted by atomic mass is 10.3. The average molecular weight is 329 g/mol. The number of methoxy groups -OCH3 is 2. The van der Waals surface area contributed by atoms with Crippen molar-refractivity contribution in [2.75, 3.05) is 26.1 Å². The summed E-state index contributed by atoms with van der Waals surface area (Å²) in [7, 11) is 3.14. The van der Waals surface area contributed by atoms with E-state index in [9.17, 15) is 0 Å². The van der Waals surface area contributed by atoms with Crippen molar-refractivity contribution < 1.29 is 9.47 Å². The summed E-state index contributed by atoms with van der Waals surface area (Å²) in [5.41, 5.74) is 0.672. The molecule has 0 spiro atoms. The monoisotopic (exact) mass is 327 g/mol. The first kappa shape index (κ1) is 14.1. The lowest BCUT2D eigenvalue weighted by Gasteiger charge is -2.16. The Morgan fingerprint density at radius 3 is 2.19 bits per heavy atom. The van der Waals surface area contributed by atoms with Gasteiger partial charge < -0.3 is 14.8 Å². The van der Waals surface area contributed by atoms with Gasteiger partial charge in [-0.1, -0.05) is 39.1 Å². The Bertz CT molecular complexity index is 336. The molecule has 0 saturated carbocycles. The molecule has 0 aromatic heterocycles.